The summed E-state index contributed by atoms with van der Waals surface area (Å²) in [5.41, 5.74) is 0.830. The Bertz CT molecular complexity index is 683. The van der Waals surface area contributed by atoms with Gasteiger partial charge in [-0.25, -0.2) is 0 Å². The molecule has 0 aromatic heterocycles. The molecule has 0 saturated heterocycles. The fourth-order valence-corrected chi connectivity index (χ4v) is 2.60. The topological polar surface area (TPSA) is 47.6 Å². The highest BCUT2D eigenvalue weighted by Gasteiger charge is 2.16. The van der Waals surface area contributed by atoms with Crippen molar-refractivity contribution in [3.8, 4) is 11.5 Å². The minimum Gasteiger partial charge on any atom is -0.486 e. The molecule has 2 aromatic rings. The summed E-state index contributed by atoms with van der Waals surface area (Å²) in [5.74, 6) is 0.890. The zero-order chi connectivity index (χ0) is 14.8. The molecule has 21 heavy (non-hydrogen) atoms. The van der Waals surface area contributed by atoms with Crippen LogP contribution < -0.4 is 14.8 Å². The summed E-state index contributed by atoms with van der Waals surface area (Å²) >= 11 is 12.0. The number of amides is 1. The molecule has 1 heterocycles. The molecular weight excluding hydrogens is 313 g/mol. The van der Waals surface area contributed by atoms with E-state index in [1.165, 1.54) is 0 Å². The molecule has 0 radical (unpaired) electrons. The van der Waals surface area contributed by atoms with E-state index in [1.54, 1.807) is 36.4 Å². The van der Waals surface area contributed by atoms with Crippen LogP contribution in [0.3, 0.4) is 0 Å². The molecule has 3 rings (SSSR count). The number of hydrogen-bond acceptors (Lipinski definition) is 3. The van der Waals surface area contributed by atoms with E-state index in [2.05, 4.69) is 5.32 Å². The molecule has 1 aliphatic rings. The summed E-state index contributed by atoms with van der Waals surface area (Å²) in [6.07, 6.45) is 0. The predicted molar refractivity (Wildman–Crippen MR) is 81.8 cm³/mol. The number of rotatable bonds is 2. The van der Waals surface area contributed by atoms with Crippen LogP contribution in [0.5, 0.6) is 11.5 Å². The highest BCUT2D eigenvalue weighted by molar-refractivity contribution is 6.40. The average Bonchev–Trinajstić information content (AvgIpc) is 2.47. The van der Waals surface area contributed by atoms with Gasteiger partial charge in [0.2, 0.25) is 0 Å². The number of carbonyl (C=O) groups is 1. The van der Waals surface area contributed by atoms with E-state index < -0.39 is 0 Å². The Morgan fingerprint density at radius 2 is 1.67 bits per heavy atom. The molecular formula is C15H11Cl2NO3. The molecule has 4 nitrogen and oxygen atoms in total. The summed E-state index contributed by atoms with van der Waals surface area (Å²) in [7, 11) is 0. The average molecular weight is 324 g/mol. The molecule has 6 heteroatoms. The molecule has 1 amide bonds. The molecule has 0 aliphatic carbocycles. The molecule has 1 aliphatic heterocycles. The van der Waals surface area contributed by atoms with Crippen LogP contribution in [-0.4, -0.2) is 19.1 Å². The minimum absolute atomic E-state index is 0.246. The number of fused-ring (bicyclic) bond motifs is 1. The third kappa shape index (κ3) is 2.91. The normalized spacial score (nSPS) is 12.9. The maximum Gasteiger partial charge on any atom is 0.258 e. The predicted octanol–water partition coefficient (Wildman–Crippen LogP) is 4.02. The summed E-state index contributed by atoms with van der Waals surface area (Å²) in [4.78, 5) is 12.3. The Balaban J connectivity index is 1.85. The van der Waals surface area contributed by atoms with Gasteiger partial charge in [-0.05, 0) is 24.3 Å². The second-order valence-electron chi connectivity index (χ2n) is 4.41. The first kappa shape index (κ1) is 14.0. The molecule has 108 valence electrons. The third-order valence-electron chi connectivity index (χ3n) is 2.99. The van der Waals surface area contributed by atoms with Gasteiger partial charge in [-0.1, -0.05) is 29.3 Å². The van der Waals surface area contributed by atoms with Crippen molar-refractivity contribution >= 4 is 34.8 Å². The van der Waals surface area contributed by atoms with Gasteiger partial charge >= 0.3 is 0 Å². The highest BCUT2D eigenvalue weighted by atomic mass is 35.5. The lowest BCUT2D eigenvalue weighted by Gasteiger charge is -2.19. The molecule has 1 N–H and O–H groups in total. The van der Waals surface area contributed by atoms with Crippen LogP contribution in [0.25, 0.3) is 0 Å². The fraction of sp³-hybridized carbons (Fsp3) is 0.133. The Morgan fingerprint density at radius 1 is 1.00 bits per heavy atom. The summed E-state index contributed by atoms with van der Waals surface area (Å²) < 4.78 is 10.9. The van der Waals surface area contributed by atoms with Crippen LogP contribution in [-0.2, 0) is 0 Å². The van der Waals surface area contributed by atoms with E-state index in [-0.39, 0.29) is 11.5 Å². The number of benzene rings is 2. The van der Waals surface area contributed by atoms with Crippen molar-refractivity contribution in [1.29, 1.82) is 0 Å². The molecule has 0 fully saturated rings. The number of hydrogen-bond donors (Lipinski definition) is 1. The standard InChI is InChI=1S/C15H11Cl2NO3/c16-10-2-1-3-11(17)14(10)15(19)18-9-4-5-12-13(8-9)21-7-6-20-12/h1-5,8H,6-7H2,(H,18,19). The van der Waals surface area contributed by atoms with Crippen LogP contribution in [0.2, 0.25) is 10.0 Å². The number of anilines is 1. The summed E-state index contributed by atoms with van der Waals surface area (Å²) in [5, 5.41) is 3.35. The monoisotopic (exact) mass is 323 g/mol. The molecule has 0 spiro atoms. The lowest BCUT2D eigenvalue weighted by Crippen LogP contribution is -2.16. The second-order valence-corrected chi connectivity index (χ2v) is 5.22. The number of halogens is 2. The van der Waals surface area contributed by atoms with Crippen LogP contribution in [0.15, 0.2) is 36.4 Å². The maximum absolute atomic E-state index is 12.3. The second kappa shape index (κ2) is 5.84. The van der Waals surface area contributed by atoms with Crippen molar-refractivity contribution in [3.05, 3.63) is 52.0 Å². The third-order valence-corrected chi connectivity index (χ3v) is 3.62. The number of nitrogens with one attached hydrogen (secondary N) is 1. The SMILES string of the molecule is O=C(Nc1ccc2c(c1)OCCO2)c1c(Cl)cccc1Cl. The highest BCUT2D eigenvalue weighted by Crippen LogP contribution is 2.33. The Hall–Kier alpha value is -1.91. The van der Waals surface area contributed by atoms with E-state index in [0.717, 1.165) is 0 Å². The van der Waals surface area contributed by atoms with Gasteiger partial charge in [-0.3, -0.25) is 4.79 Å². The Labute approximate surface area is 131 Å². The van der Waals surface area contributed by atoms with E-state index in [0.29, 0.717) is 40.4 Å². The first-order valence-corrected chi connectivity index (χ1v) is 7.06. The lowest BCUT2D eigenvalue weighted by atomic mass is 10.2. The first-order chi connectivity index (χ1) is 10.1. The zero-order valence-corrected chi connectivity index (χ0v) is 12.4. The molecule has 0 atom stereocenters. The molecule has 0 saturated carbocycles. The van der Waals surface area contributed by atoms with Crippen molar-refractivity contribution in [2.24, 2.45) is 0 Å². The van der Waals surface area contributed by atoms with Crippen LogP contribution in [0.4, 0.5) is 5.69 Å². The number of carbonyl (C=O) groups excluding carboxylic acids is 1. The van der Waals surface area contributed by atoms with Gasteiger partial charge in [0.15, 0.2) is 11.5 Å². The van der Waals surface area contributed by atoms with E-state index in [4.69, 9.17) is 32.7 Å². The van der Waals surface area contributed by atoms with E-state index >= 15 is 0 Å². The van der Waals surface area contributed by atoms with Crippen LogP contribution >= 0.6 is 23.2 Å². The summed E-state index contributed by atoms with van der Waals surface area (Å²) in [6, 6.07) is 10.1. The molecule has 0 bridgehead atoms. The van der Waals surface area contributed by atoms with Crippen molar-refractivity contribution in [2.75, 3.05) is 18.5 Å². The van der Waals surface area contributed by atoms with Gasteiger partial charge in [0.25, 0.3) is 5.91 Å². The number of ether oxygens (including phenoxy) is 2. The van der Waals surface area contributed by atoms with Gasteiger partial charge in [0.05, 0.1) is 15.6 Å². The summed E-state index contributed by atoms with van der Waals surface area (Å²) in [6.45, 7) is 1.01. The van der Waals surface area contributed by atoms with Crippen molar-refractivity contribution in [1.82, 2.24) is 0 Å². The van der Waals surface area contributed by atoms with Crippen LogP contribution in [0, 0.1) is 0 Å². The largest absolute Gasteiger partial charge is 0.486 e. The van der Waals surface area contributed by atoms with Crippen molar-refractivity contribution < 1.29 is 14.3 Å². The van der Waals surface area contributed by atoms with Gasteiger partial charge in [0.1, 0.15) is 13.2 Å². The quantitative estimate of drug-likeness (QED) is 0.908. The van der Waals surface area contributed by atoms with Crippen molar-refractivity contribution in [3.63, 3.8) is 0 Å². The minimum atomic E-state index is -0.373. The van der Waals surface area contributed by atoms with E-state index in [1.807, 2.05) is 0 Å². The van der Waals surface area contributed by atoms with Gasteiger partial charge in [-0.2, -0.15) is 0 Å². The maximum atomic E-state index is 12.3. The lowest BCUT2D eigenvalue weighted by molar-refractivity contribution is 0.102. The Morgan fingerprint density at radius 3 is 2.38 bits per heavy atom. The zero-order valence-electron chi connectivity index (χ0n) is 10.9. The first-order valence-electron chi connectivity index (χ1n) is 6.30. The van der Waals surface area contributed by atoms with Gasteiger partial charge in [-0.15, -0.1) is 0 Å². The van der Waals surface area contributed by atoms with Crippen molar-refractivity contribution in [2.45, 2.75) is 0 Å². The van der Waals surface area contributed by atoms with Gasteiger partial charge < -0.3 is 14.8 Å². The molecule has 0 unspecified atom stereocenters. The molecule has 2 aromatic carbocycles. The van der Waals surface area contributed by atoms with Crippen LogP contribution in [0.1, 0.15) is 10.4 Å². The smallest absolute Gasteiger partial charge is 0.258 e. The van der Waals surface area contributed by atoms with E-state index in [9.17, 15) is 4.79 Å². The van der Waals surface area contributed by atoms with Gasteiger partial charge in [0, 0.05) is 11.8 Å². The fourth-order valence-electron chi connectivity index (χ4n) is 2.03. The Kier molecular flexibility index (Phi) is 3.90.